The van der Waals surface area contributed by atoms with Gasteiger partial charge in [-0.25, -0.2) is 9.59 Å². The molecule has 4 aliphatic rings. The third-order valence-corrected chi connectivity index (χ3v) is 10.7. The van der Waals surface area contributed by atoms with Crippen LogP contribution in [0, 0.1) is 11.8 Å². The van der Waals surface area contributed by atoms with Crippen molar-refractivity contribution >= 4 is 39.4 Å². The number of piperidine rings is 2. The first kappa shape index (κ1) is 29.3. The summed E-state index contributed by atoms with van der Waals surface area (Å²) in [5.41, 5.74) is 0.970. The minimum Gasteiger partial charge on any atom is -0.477 e. The lowest BCUT2D eigenvalue weighted by Crippen LogP contribution is -2.45. The predicted octanol–water partition coefficient (Wildman–Crippen LogP) is 6.23. The summed E-state index contributed by atoms with van der Waals surface area (Å²) in [7, 11) is 1.76. The summed E-state index contributed by atoms with van der Waals surface area (Å²) in [4.78, 5) is 40.5. The Morgan fingerprint density at radius 3 is 2.36 bits per heavy atom. The fraction of sp³-hybridized carbons (Fsp3) is 0.576. The van der Waals surface area contributed by atoms with Crippen LogP contribution in [0.25, 0.3) is 21.3 Å². The molecule has 11 heteroatoms. The molecule has 1 saturated carbocycles. The molecule has 5 unspecified atom stereocenters. The summed E-state index contributed by atoms with van der Waals surface area (Å²) in [6.45, 7) is 6.97. The molecule has 7 rings (SSSR count). The maximum Gasteiger partial charge on any atom is 0.410 e. The van der Waals surface area contributed by atoms with Crippen molar-refractivity contribution in [2.24, 2.45) is 11.8 Å². The van der Waals surface area contributed by atoms with Crippen molar-refractivity contribution in [3.05, 3.63) is 35.2 Å². The number of carboxylic acids is 1. The van der Waals surface area contributed by atoms with Crippen molar-refractivity contribution in [2.75, 3.05) is 25.2 Å². The van der Waals surface area contributed by atoms with Crippen molar-refractivity contribution < 1.29 is 28.9 Å². The van der Waals surface area contributed by atoms with Gasteiger partial charge in [0.25, 0.3) is 0 Å². The summed E-state index contributed by atoms with van der Waals surface area (Å²) in [6, 6.07) is 10.6. The number of methoxy groups -OCH3 is 1. The zero-order chi connectivity index (χ0) is 30.7. The summed E-state index contributed by atoms with van der Waals surface area (Å²) in [5, 5.41) is 11.1. The molecule has 4 fully saturated rings. The number of anilines is 1. The van der Waals surface area contributed by atoms with Gasteiger partial charge < -0.3 is 29.1 Å². The van der Waals surface area contributed by atoms with E-state index in [0.29, 0.717) is 41.4 Å². The Labute approximate surface area is 261 Å². The number of fused-ring (bicyclic) bond motifs is 5. The zero-order valence-electron chi connectivity index (χ0n) is 25.7. The number of amides is 1. The molecule has 1 amide bonds. The van der Waals surface area contributed by atoms with Gasteiger partial charge in [0, 0.05) is 56.3 Å². The molecule has 3 aliphatic heterocycles. The minimum absolute atomic E-state index is 0.0590. The molecular formula is C33H40N4O6S. The highest BCUT2D eigenvalue weighted by Gasteiger charge is 2.49. The molecular weight excluding hydrogens is 580 g/mol. The molecule has 234 valence electrons. The minimum atomic E-state index is -0.975. The number of aromatic nitrogens is 2. The Balaban J connectivity index is 1.25. The predicted molar refractivity (Wildman–Crippen MR) is 168 cm³/mol. The Bertz CT molecular complexity index is 1560. The number of carbonyl (C=O) groups is 2. The van der Waals surface area contributed by atoms with Crippen molar-refractivity contribution in [1.29, 1.82) is 0 Å². The summed E-state index contributed by atoms with van der Waals surface area (Å²) < 4.78 is 17.7. The van der Waals surface area contributed by atoms with E-state index in [-0.39, 0.29) is 35.0 Å². The summed E-state index contributed by atoms with van der Waals surface area (Å²) in [5.74, 6) is 0.454. The number of nitrogens with zero attached hydrogens (tertiary/aromatic N) is 4. The highest BCUT2D eigenvalue weighted by molar-refractivity contribution is 7.21. The quantitative estimate of drug-likeness (QED) is 0.328. The molecule has 1 N–H and O–H groups in total. The van der Waals surface area contributed by atoms with Crippen LogP contribution in [-0.2, 0) is 9.47 Å². The molecule has 3 saturated heterocycles. The van der Waals surface area contributed by atoms with Gasteiger partial charge in [0.05, 0.1) is 5.39 Å². The molecule has 0 spiro atoms. The highest BCUT2D eigenvalue weighted by Crippen LogP contribution is 2.49. The van der Waals surface area contributed by atoms with Gasteiger partial charge in [-0.2, -0.15) is 9.97 Å². The van der Waals surface area contributed by atoms with Crippen LogP contribution in [0.2, 0.25) is 0 Å². The fourth-order valence-electron chi connectivity index (χ4n) is 7.97. The van der Waals surface area contributed by atoms with E-state index >= 15 is 0 Å². The van der Waals surface area contributed by atoms with E-state index in [9.17, 15) is 14.7 Å². The first-order valence-electron chi connectivity index (χ1n) is 15.7. The lowest BCUT2D eigenvalue weighted by atomic mass is 9.91. The maximum absolute atomic E-state index is 12.8. The van der Waals surface area contributed by atoms with Crippen LogP contribution < -0.4 is 9.64 Å². The largest absolute Gasteiger partial charge is 0.477 e. The number of aromatic carboxylic acids is 1. The van der Waals surface area contributed by atoms with Gasteiger partial charge in [-0.1, -0.05) is 30.3 Å². The second kappa shape index (κ2) is 11.2. The SMILES string of the molecule is COCC1CC2CCC(C1)N2c1nc(OC2CC3CC2CN3C(=O)OC(C)(C)C)nc2sc(C(=O)O)c(-c3ccccc3)c12. The molecule has 0 radical (unpaired) electrons. The van der Waals surface area contributed by atoms with E-state index in [2.05, 4.69) is 4.90 Å². The van der Waals surface area contributed by atoms with Crippen molar-refractivity contribution in [3.63, 3.8) is 0 Å². The highest BCUT2D eigenvalue weighted by atomic mass is 32.1. The number of carbonyl (C=O) groups excluding carboxylic acids is 1. The van der Waals surface area contributed by atoms with Crippen LogP contribution >= 0.6 is 11.3 Å². The second-order valence-corrected chi connectivity index (χ2v) is 14.7. The lowest BCUT2D eigenvalue weighted by Gasteiger charge is -2.40. The number of rotatable bonds is 7. The van der Waals surface area contributed by atoms with E-state index in [1.807, 2.05) is 56.0 Å². The lowest BCUT2D eigenvalue weighted by molar-refractivity contribution is 0.00977. The molecule has 3 aromatic rings. The fourth-order valence-corrected chi connectivity index (χ4v) is 8.99. The standard InChI is InChI=1S/C33H40N4O6S/c1-33(2,3)43-32(40)36-16-20-14-23(36)15-24(20)42-31-34-28(37-21-10-11-22(37)13-18(12-21)17-41-4)26-25(19-8-6-5-7-9-19)27(30(38)39)44-29(26)35-31/h5-9,18,20-24H,10-17H2,1-4H3,(H,38,39). The third-order valence-electron chi connectivity index (χ3n) is 9.61. The average Bonchev–Trinajstić information content (AvgIpc) is 3.73. The summed E-state index contributed by atoms with van der Waals surface area (Å²) in [6.07, 6.45) is 5.30. The van der Waals surface area contributed by atoms with Crippen LogP contribution in [-0.4, -0.2) is 82.1 Å². The van der Waals surface area contributed by atoms with Gasteiger partial charge in [0.2, 0.25) is 0 Å². The van der Waals surface area contributed by atoms with E-state index in [4.69, 9.17) is 24.2 Å². The van der Waals surface area contributed by atoms with Crippen molar-refractivity contribution in [3.8, 4) is 17.1 Å². The summed E-state index contributed by atoms with van der Waals surface area (Å²) >= 11 is 1.19. The van der Waals surface area contributed by atoms with Gasteiger partial charge in [0.1, 0.15) is 27.2 Å². The smallest absolute Gasteiger partial charge is 0.410 e. The average molecular weight is 621 g/mol. The number of likely N-dealkylation sites (tertiary alicyclic amines) is 1. The number of hydrogen-bond acceptors (Lipinski definition) is 9. The third kappa shape index (κ3) is 5.27. The first-order valence-corrected chi connectivity index (χ1v) is 16.5. The van der Waals surface area contributed by atoms with Crippen LogP contribution in [0.4, 0.5) is 10.6 Å². The normalized spacial score (nSPS) is 27.7. The molecule has 2 aromatic heterocycles. The van der Waals surface area contributed by atoms with E-state index in [0.717, 1.165) is 55.5 Å². The van der Waals surface area contributed by atoms with Crippen molar-refractivity contribution in [2.45, 2.75) is 89.1 Å². The molecule has 1 aromatic carbocycles. The van der Waals surface area contributed by atoms with E-state index in [1.54, 1.807) is 7.11 Å². The van der Waals surface area contributed by atoms with Gasteiger partial charge in [-0.15, -0.1) is 11.3 Å². The molecule has 4 bridgehead atoms. The van der Waals surface area contributed by atoms with Crippen molar-refractivity contribution in [1.82, 2.24) is 14.9 Å². The van der Waals surface area contributed by atoms with E-state index in [1.165, 1.54) is 11.3 Å². The molecule has 1 aliphatic carbocycles. The van der Waals surface area contributed by atoms with Gasteiger partial charge >= 0.3 is 18.1 Å². The number of benzene rings is 1. The molecule has 5 heterocycles. The van der Waals surface area contributed by atoms with Crippen LogP contribution in [0.5, 0.6) is 6.01 Å². The molecule has 44 heavy (non-hydrogen) atoms. The molecule has 5 atom stereocenters. The van der Waals surface area contributed by atoms with Crippen LogP contribution in [0.15, 0.2) is 30.3 Å². The van der Waals surface area contributed by atoms with Gasteiger partial charge in [-0.05, 0) is 64.4 Å². The van der Waals surface area contributed by atoms with Crippen LogP contribution in [0.3, 0.4) is 0 Å². The number of carboxylic acid groups (broad SMARTS) is 1. The number of ether oxygens (including phenoxy) is 3. The number of hydrogen-bond donors (Lipinski definition) is 1. The Hall–Kier alpha value is -3.44. The second-order valence-electron chi connectivity index (χ2n) is 13.7. The van der Waals surface area contributed by atoms with E-state index < -0.39 is 11.6 Å². The maximum atomic E-state index is 12.8. The number of thiophene rings is 1. The monoisotopic (exact) mass is 620 g/mol. The Morgan fingerprint density at radius 2 is 1.75 bits per heavy atom. The zero-order valence-corrected chi connectivity index (χ0v) is 26.5. The van der Waals surface area contributed by atoms with Crippen LogP contribution in [0.1, 0.15) is 69.0 Å². The Kier molecular flexibility index (Phi) is 7.43. The van der Waals surface area contributed by atoms with Gasteiger partial charge in [0.15, 0.2) is 0 Å². The Morgan fingerprint density at radius 1 is 1.02 bits per heavy atom. The first-order chi connectivity index (χ1) is 21.1. The topological polar surface area (TPSA) is 114 Å². The molecule has 10 nitrogen and oxygen atoms in total. The van der Waals surface area contributed by atoms with Gasteiger partial charge in [-0.3, -0.25) is 0 Å².